The number of hydrogen-bond acceptors (Lipinski definition) is 2. The Balaban J connectivity index is 2.02. The molecule has 1 saturated heterocycles. The molecule has 0 aromatic heterocycles. The quantitative estimate of drug-likeness (QED) is 0.818. The van der Waals surface area contributed by atoms with E-state index in [1.54, 1.807) is 4.90 Å². The first-order chi connectivity index (χ1) is 8.60. The maximum atomic E-state index is 11.7. The van der Waals surface area contributed by atoms with Crippen LogP contribution in [0.15, 0.2) is 24.3 Å². The van der Waals surface area contributed by atoms with Crippen molar-refractivity contribution < 1.29 is 4.79 Å². The highest BCUT2D eigenvalue weighted by Gasteiger charge is 2.29. The van der Waals surface area contributed by atoms with E-state index in [2.05, 4.69) is 44.2 Å². The minimum absolute atomic E-state index is 0.0921. The van der Waals surface area contributed by atoms with E-state index in [9.17, 15) is 4.79 Å². The van der Waals surface area contributed by atoms with Gasteiger partial charge in [0.15, 0.2) is 0 Å². The predicted molar refractivity (Wildman–Crippen MR) is 69.7 cm³/mol. The molecule has 1 aliphatic heterocycles. The summed E-state index contributed by atoms with van der Waals surface area (Å²) in [6.45, 7) is 5.52. The van der Waals surface area contributed by atoms with Crippen LogP contribution in [0.5, 0.6) is 0 Å². The highest BCUT2D eigenvalue weighted by molar-refractivity contribution is 5.79. The fraction of sp³-hybridized carbons (Fsp3) is 0.467. The lowest BCUT2D eigenvalue weighted by atomic mass is 10.0. The molecule has 0 spiro atoms. The minimum Gasteiger partial charge on any atom is -0.337 e. The molecule has 3 nitrogen and oxygen atoms in total. The third kappa shape index (κ3) is 2.70. The van der Waals surface area contributed by atoms with E-state index >= 15 is 0 Å². The van der Waals surface area contributed by atoms with Gasteiger partial charge in [-0.1, -0.05) is 38.1 Å². The number of amides is 1. The van der Waals surface area contributed by atoms with Gasteiger partial charge in [-0.15, -0.1) is 0 Å². The van der Waals surface area contributed by atoms with Gasteiger partial charge in [-0.2, -0.15) is 5.26 Å². The summed E-state index contributed by atoms with van der Waals surface area (Å²) in [5.41, 5.74) is 2.44. The van der Waals surface area contributed by atoms with Crippen LogP contribution in [0.1, 0.15) is 37.3 Å². The molecule has 0 radical (unpaired) electrons. The van der Waals surface area contributed by atoms with Crippen molar-refractivity contribution in [2.24, 2.45) is 5.92 Å². The maximum absolute atomic E-state index is 11.7. The van der Waals surface area contributed by atoms with Gasteiger partial charge in [-0.25, -0.2) is 0 Å². The monoisotopic (exact) mass is 242 g/mol. The van der Waals surface area contributed by atoms with Gasteiger partial charge in [0.25, 0.3) is 0 Å². The van der Waals surface area contributed by atoms with Gasteiger partial charge >= 0.3 is 0 Å². The summed E-state index contributed by atoms with van der Waals surface area (Å²) >= 11 is 0. The van der Waals surface area contributed by atoms with Crippen LogP contribution in [0, 0.1) is 17.2 Å². The number of nitrogens with zero attached hydrogens (tertiary/aromatic N) is 2. The second-order valence-corrected chi connectivity index (χ2v) is 5.20. The molecular weight excluding hydrogens is 224 g/mol. The molecule has 1 aromatic rings. The molecular formula is C15H18N2O. The van der Waals surface area contributed by atoms with Crippen molar-refractivity contribution in [3.8, 4) is 6.07 Å². The van der Waals surface area contributed by atoms with Crippen molar-refractivity contribution in [1.29, 1.82) is 5.26 Å². The number of carbonyl (C=O) groups excluding carboxylic acids is 1. The zero-order valence-corrected chi connectivity index (χ0v) is 10.9. The first kappa shape index (κ1) is 12.6. The lowest BCUT2D eigenvalue weighted by Gasteiger charge is -2.16. The summed E-state index contributed by atoms with van der Waals surface area (Å²) in [5, 5.41) is 8.84. The van der Waals surface area contributed by atoms with Crippen LogP contribution in [0.2, 0.25) is 0 Å². The Labute approximate surface area is 108 Å². The largest absolute Gasteiger partial charge is 0.337 e. The molecule has 1 heterocycles. The van der Waals surface area contributed by atoms with E-state index < -0.39 is 0 Å². The van der Waals surface area contributed by atoms with Crippen LogP contribution < -0.4 is 0 Å². The lowest BCUT2D eigenvalue weighted by molar-refractivity contribution is -0.128. The number of rotatable bonds is 3. The highest BCUT2D eigenvalue weighted by atomic mass is 16.2. The molecule has 18 heavy (non-hydrogen) atoms. The summed E-state index contributed by atoms with van der Waals surface area (Å²) in [6, 6.07) is 10.5. The molecule has 0 aliphatic carbocycles. The molecule has 2 rings (SSSR count). The van der Waals surface area contributed by atoms with Crippen molar-refractivity contribution in [3.63, 3.8) is 0 Å². The number of carbonyl (C=O) groups is 1. The fourth-order valence-electron chi connectivity index (χ4n) is 2.24. The summed E-state index contributed by atoms with van der Waals surface area (Å²) < 4.78 is 0. The second kappa shape index (κ2) is 5.22. The van der Waals surface area contributed by atoms with Gasteiger partial charge < -0.3 is 4.90 Å². The van der Waals surface area contributed by atoms with E-state index in [-0.39, 0.29) is 11.8 Å². The molecule has 3 heteroatoms. The van der Waals surface area contributed by atoms with Gasteiger partial charge in [-0.05, 0) is 17.0 Å². The van der Waals surface area contributed by atoms with Crippen molar-refractivity contribution >= 4 is 5.91 Å². The summed E-state index contributed by atoms with van der Waals surface area (Å²) in [4.78, 5) is 13.5. The Morgan fingerprint density at radius 2 is 2.06 bits per heavy atom. The molecule has 0 N–H and O–H groups in total. The van der Waals surface area contributed by atoms with Crippen molar-refractivity contribution in [1.82, 2.24) is 4.90 Å². The molecule has 1 fully saturated rings. The Kier molecular flexibility index (Phi) is 3.66. The van der Waals surface area contributed by atoms with Crippen LogP contribution in [0.25, 0.3) is 0 Å². The third-order valence-corrected chi connectivity index (χ3v) is 3.42. The van der Waals surface area contributed by atoms with Gasteiger partial charge in [0.05, 0.1) is 12.0 Å². The third-order valence-electron chi connectivity index (χ3n) is 3.42. The second-order valence-electron chi connectivity index (χ2n) is 5.20. The van der Waals surface area contributed by atoms with Crippen LogP contribution >= 0.6 is 0 Å². The summed E-state index contributed by atoms with van der Waals surface area (Å²) in [7, 11) is 0. The average Bonchev–Trinajstić information content (AvgIpc) is 2.71. The summed E-state index contributed by atoms with van der Waals surface area (Å²) in [6.07, 6.45) is 0.376. The number of benzene rings is 1. The standard InChI is InChI=1S/C15H18N2O/c1-11(2)14-5-3-12(4-6-14)9-17-10-13(8-16)7-15(17)18/h3-6,11,13H,7,9-10H2,1-2H3. The van der Waals surface area contributed by atoms with E-state index in [1.165, 1.54) is 5.56 Å². The van der Waals surface area contributed by atoms with Gasteiger partial charge in [0, 0.05) is 19.5 Å². The van der Waals surface area contributed by atoms with Crippen LogP contribution in [-0.2, 0) is 11.3 Å². The first-order valence-electron chi connectivity index (χ1n) is 6.36. The molecule has 94 valence electrons. The minimum atomic E-state index is -0.132. The zero-order chi connectivity index (χ0) is 13.1. The predicted octanol–water partition coefficient (Wildman–Crippen LogP) is 2.68. The van der Waals surface area contributed by atoms with Crippen molar-refractivity contribution in [2.75, 3.05) is 6.54 Å². The SMILES string of the molecule is CC(C)c1ccc(CN2CC(C#N)CC2=O)cc1. The maximum Gasteiger partial charge on any atom is 0.224 e. The summed E-state index contributed by atoms with van der Waals surface area (Å²) in [5.74, 6) is 0.484. The Hall–Kier alpha value is -1.82. The average molecular weight is 242 g/mol. The van der Waals surface area contributed by atoms with Crippen molar-refractivity contribution in [3.05, 3.63) is 35.4 Å². The molecule has 0 saturated carbocycles. The first-order valence-corrected chi connectivity index (χ1v) is 6.36. The van der Waals surface area contributed by atoms with Crippen LogP contribution in [0.4, 0.5) is 0 Å². The fourth-order valence-corrected chi connectivity index (χ4v) is 2.24. The zero-order valence-electron chi connectivity index (χ0n) is 10.9. The number of nitriles is 1. The molecule has 1 aliphatic rings. The molecule has 1 aromatic carbocycles. The van der Waals surface area contributed by atoms with E-state index in [4.69, 9.17) is 5.26 Å². The highest BCUT2D eigenvalue weighted by Crippen LogP contribution is 2.20. The lowest BCUT2D eigenvalue weighted by Crippen LogP contribution is -2.24. The Bertz CT molecular complexity index is 470. The number of likely N-dealkylation sites (tertiary alicyclic amines) is 1. The van der Waals surface area contributed by atoms with Crippen LogP contribution in [0.3, 0.4) is 0 Å². The van der Waals surface area contributed by atoms with Crippen LogP contribution in [-0.4, -0.2) is 17.4 Å². The Morgan fingerprint density at radius 1 is 1.39 bits per heavy atom. The van der Waals surface area contributed by atoms with Crippen molar-refractivity contribution in [2.45, 2.75) is 32.7 Å². The van der Waals surface area contributed by atoms with E-state index in [0.717, 1.165) is 5.56 Å². The smallest absolute Gasteiger partial charge is 0.224 e. The molecule has 1 unspecified atom stereocenters. The topological polar surface area (TPSA) is 44.1 Å². The molecule has 1 atom stereocenters. The van der Waals surface area contributed by atoms with E-state index in [1.807, 2.05) is 0 Å². The van der Waals surface area contributed by atoms with Gasteiger partial charge in [0.2, 0.25) is 5.91 Å². The van der Waals surface area contributed by atoms with E-state index in [0.29, 0.717) is 25.4 Å². The van der Waals surface area contributed by atoms with Gasteiger partial charge in [0.1, 0.15) is 0 Å². The molecule has 0 bridgehead atoms. The van der Waals surface area contributed by atoms with Gasteiger partial charge in [-0.3, -0.25) is 4.79 Å². The Morgan fingerprint density at radius 3 is 2.56 bits per heavy atom. The normalized spacial score (nSPS) is 19.3. The number of hydrogen-bond donors (Lipinski definition) is 0. The molecule has 1 amide bonds.